The molecule has 0 aliphatic heterocycles. The van der Waals surface area contributed by atoms with Crippen molar-refractivity contribution in [1.82, 2.24) is 14.8 Å². The first kappa shape index (κ1) is 19.6. The maximum atomic E-state index is 6.10. The zero-order valence-electron chi connectivity index (χ0n) is 13.5. The van der Waals surface area contributed by atoms with Crippen LogP contribution in [-0.2, 0) is 19.4 Å². The molecule has 26 heavy (non-hydrogen) atoms. The third-order valence-corrected chi connectivity index (χ3v) is 5.90. The highest BCUT2D eigenvalue weighted by atomic mass is 35.5. The molecular formula is C17H13Cl4N3OS. The molecule has 0 spiro atoms. The Hall–Kier alpha value is -1.11. The van der Waals surface area contributed by atoms with Crippen LogP contribution < -0.4 is 4.74 Å². The summed E-state index contributed by atoms with van der Waals surface area (Å²) in [4.78, 5) is 0. The number of benzene rings is 2. The van der Waals surface area contributed by atoms with Gasteiger partial charge in [-0.3, -0.25) is 0 Å². The van der Waals surface area contributed by atoms with Gasteiger partial charge in [0.1, 0.15) is 12.4 Å². The Morgan fingerprint density at radius 3 is 2.50 bits per heavy atom. The molecule has 1 aromatic heterocycles. The van der Waals surface area contributed by atoms with Crippen molar-refractivity contribution in [2.45, 2.75) is 17.5 Å². The fourth-order valence-electron chi connectivity index (χ4n) is 2.10. The van der Waals surface area contributed by atoms with E-state index in [4.69, 9.17) is 51.1 Å². The summed E-state index contributed by atoms with van der Waals surface area (Å²) < 4.78 is 7.58. The summed E-state index contributed by atoms with van der Waals surface area (Å²) in [5, 5.41) is 11.3. The van der Waals surface area contributed by atoms with Gasteiger partial charge in [-0.2, -0.15) is 0 Å². The van der Waals surface area contributed by atoms with Gasteiger partial charge in [-0.1, -0.05) is 64.2 Å². The second kappa shape index (κ2) is 8.72. The van der Waals surface area contributed by atoms with Crippen LogP contribution in [0.3, 0.4) is 0 Å². The highest BCUT2D eigenvalue weighted by Crippen LogP contribution is 2.29. The van der Waals surface area contributed by atoms with E-state index in [1.165, 1.54) is 0 Å². The van der Waals surface area contributed by atoms with E-state index in [-0.39, 0.29) is 6.61 Å². The fourth-order valence-corrected chi connectivity index (χ4v) is 3.63. The third kappa shape index (κ3) is 4.78. The lowest BCUT2D eigenvalue weighted by atomic mass is 10.2. The summed E-state index contributed by atoms with van der Waals surface area (Å²) in [5.41, 5.74) is 1.05. The molecule has 0 N–H and O–H groups in total. The van der Waals surface area contributed by atoms with E-state index >= 15 is 0 Å². The van der Waals surface area contributed by atoms with E-state index < -0.39 is 0 Å². The minimum Gasteiger partial charge on any atom is -0.484 e. The lowest BCUT2D eigenvalue weighted by molar-refractivity contribution is 0.290. The van der Waals surface area contributed by atoms with Crippen molar-refractivity contribution >= 4 is 58.2 Å². The molecule has 0 aliphatic carbocycles. The number of rotatable bonds is 6. The van der Waals surface area contributed by atoms with Crippen LogP contribution in [0.1, 0.15) is 11.4 Å². The van der Waals surface area contributed by atoms with E-state index in [0.717, 1.165) is 10.7 Å². The molecule has 0 atom stereocenters. The van der Waals surface area contributed by atoms with Crippen LogP contribution in [0, 0.1) is 0 Å². The van der Waals surface area contributed by atoms with Gasteiger partial charge in [-0.15, -0.1) is 10.2 Å². The van der Waals surface area contributed by atoms with Crippen molar-refractivity contribution in [3.05, 3.63) is 67.9 Å². The molecule has 0 aliphatic rings. The largest absolute Gasteiger partial charge is 0.484 e. The number of thioether (sulfide) groups is 1. The minimum absolute atomic E-state index is 0.233. The van der Waals surface area contributed by atoms with Crippen LogP contribution >= 0.6 is 58.2 Å². The first-order chi connectivity index (χ1) is 12.4. The Morgan fingerprint density at radius 1 is 0.962 bits per heavy atom. The van der Waals surface area contributed by atoms with Crippen LogP contribution in [0.5, 0.6) is 5.75 Å². The molecule has 0 bridgehead atoms. The summed E-state index contributed by atoms with van der Waals surface area (Å²) in [6, 6.07) is 10.6. The Labute approximate surface area is 175 Å². The van der Waals surface area contributed by atoms with E-state index in [2.05, 4.69) is 10.2 Å². The average Bonchev–Trinajstić information content (AvgIpc) is 2.97. The predicted octanol–water partition coefficient (Wildman–Crippen LogP) is 6.30. The lowest BCUT2D eigenvalue weighted by Crippen LogP contribution is -2.04. The molecule has 0 saturated carbocycles. The van der Waals surface area contributed by atoms with Crippen molar-refractivity contribution in [2.75, 3.05) is 0 Å². The Balaban J connectivity index is 1.64. The Bertz CT molecular complexity index is 932. The van der Waals surface area contributed by atoms with Gasteiger partial charge in [0.2, 0.25) is 0 Å². The Morgan fingerprint density at radius 2 is 1.73 bits per heavy atom. The maximum absolute atomic E-state index is 6.10. The van der Waals surface area contributed by atoms with E-state index in [1.54, 1.807) is 36.0 Å². The highest BCUT2D eigenvalue weighted by molar-refractivity contribution is 7.98. The molecular weight excluding hydrogens is 436 g/mol. The van der Waals surface area contributed by atoms with Gasteiger partial charge in [0.15, 0.2) is 11.0 Å². The number of hydrogen-bond acceptors (Lipinski definition) is 4. The average molecular weight is 449 g/mol. The summed E-state index contributed by atoms with van der Waals surface area (Å²) in [6.07, 6.45) is 0. The maximum Gasteiger partial charge on any atom is 0.191 e. The van der Waals surface area contributed by atoms with Crippen molar-refractivity contribution in [3.8, 4) is 5.75 Å². The van der Waals surface area contributed by atoms with Crippen LogP contribution in [-0.4, -0.2) is 14.8 Å². The van der Waals surface area contributed by atoms with Crippen LogP contribution in [0.2, 0.25) is 20.1 Å². The second-order valence-corrected chi connectivity index (χ2v) is 7.96. The smallest absolute Gasteiger partial charge is 0.191 e. The first-order valence-corrected chi connectivity index (χ1v) is 9.96. The molecule has 0 amide bonds. The van der Waals surface area contributed by atoms with Crippen molar-refractivity contribution in [1.29, 1.82) is 0 Å². The molecule has 0 unspecified atom stereocenters. The van der Waals surface area contributed by atoms with Crippen LogP contribution in [0.4, 0.5) is 0 Å². The topological polar surface area (TPSA) is 39.9 Å². The van der Waals surface area contributed by atoms with E-state index in [9.17, 15) is 0 Å². The zero-order chi connectivity index (χ0) is 18.7. The van der Waals surface area contributed by atoms with Gasteiger partial charge >= 0.3 is 0 Å². The van der Waals surface area contributed by atoms with Crippen molar-refractivity contribution in [3.63, 3.8) is 0 Å². The van der Waals surface area contributed by atoms with Gasteiger partial charge in [-0.05, 0) is 29.8 Å². The summed E-state index contributed by atoms with van der Waals surface area (Å²) in [5.74, 6) is 1.88. The number of hydrogen-bond donors (Lipinski definition) is 0. The number of aromatic nitrogens is 3. The van der Waals surface area contributed by atoms with Gasteiger partial charge < -0.3 is 9.30 Å². The molecule has 136 valence electrons. The van der Waals surface area contributed by atoms with Crippen molar-refractivity contribution < 1.29 is 4.74 Å². The normalized spacial score (nSPS) is 11.0. The zero-order valence-corrected chi connectivity index (χ0v) is 17.4. The predicted molar refractivity (Wildman–Crippen MR) is 108 cm³/mol. The second-order valence-electron chi connectivity index (χ2n) is 5.36. The molecule has 0 fully saturated rings. The monoisotopic (exact) mass is 447 g/mol. The van der Waals surface area contributed by atoms with Crippen LogP contribution in [0.25, 0.3) is 0 Å². The molecule has 3 aromatic rings. The minimum atomic E-state index is 0.233. The fraction of sp³-hybridized carbons (Fsp3) is 0.176. The summed E-state index contributed by atoms with van der Waals surface area (Å²) in [7, 11) is 1.88. The number of halogens is 4. The van der Waals surface area contributed by atoms with Gasteiger partial charge in [-0.25, -0.2) is 0 Å². The van der Waals surface area contributed by atoms with E-state index in [0.29, 0.717) is 37.4 Å². The van der Waals surface area contributed by atoms with Crippen LogP contribution in [0.15, 0.2) is 41.6 Å². The highest BCUT2D eigenvalue weighted by Gasteiger charge is 2.12. The first-order valence-electron chi connectivity index (χ1n) is 7.47. The molecule has 0 radical (unpaired) electrons. The number of nitrogens with zero attached hydrogens (tertiary/aromatic N) is 3. The molecule has 2 aromatic carbocycles. The number of ether oxygens (including phenoxy) is 1. The van der Waals surface area contributed by atoms with Gasteiger partial charge in [0.25, 0.3) is 0 Å². The van der Waals surface area contributed by atoms with Gasteiger partial charge in [0, 0.05) is 23.9 Å². The standard InChI is InChI=1S/C17H13Cl4N3OS/c1-24-16(8-25-15-7-11(18)3-5-13(15)20)22-23-17(24)26-9-10-2-4-12(19)14(21)6-10/h2-7H,8-9H2,1H3. The van der Waals surface area contributed by atoms with Gasteiger partial charge in [0.05, 0.1) is 15.1 Å². The van der Waals surface area contributed by atoms with E-state index in [1.807, 2.05) is 23.7 Å². The molecule has 4 nitrogen and oxygen atoms in total. The SMILES string of the molecule is Cn1c(COc2cc(Cl)ccc2Cl)nnc1SCc1ccc(Cl)c(Cl)c1. The molecule has 3 rings (SSSR count). The summed E-state index contributed by atoms with van der Waals surface area (Å²) >= 11 is 25.6. The summed E-state index contributed by atoms with van der Waals surface area (Å²) in [6.45, 7) is 0.233. The lowest BCUT2D eigenvalue weighted by Gasteiger charge is -2.08. The molecule has 9 heteroatoms. The molecule has 1 heterocycles. The Kier molecular flexibility index (Phi) is 6.59. The quantitative estimate of drug-likeness (QED) is 0.414. The third-order valence-electron chi connectivity index (χ3n) is 3.53. The van der Waals surface area contributed by atoms with Crippen molar-refractivity contribution in [2.24, 2.45) is 7.05 Å². The molecule has 0 saturated heterocycles.